The molecule has 0 aliphatic carbocycles. The number of aromatic nitrogens is 2. The van der Waals surface area contributed by atoms with Crippen molar-refractivity contribution in [3.8, 4) is 27.4 Å². The lowest BCUT2D eigenvalue weighted by Gasteiger charge is -2.12. The van der Waals surface area contributed by atoms with Crippen LogP contribution in [0.2, 0.25) is 0 Å². The maximum absolute atomic E-state index is 6.08. The minimum atomic E-state index is 0.916. The van der Waals surface area contributed by atoms with Gasteiger partial charge in [-0.15, -0.1) is 11.3 Å². The molecule has 0 fully saturated rings. The van der Waals surface area contributed by atoms with Crippen LogP contribution in [0.5, 0.6) is 0 Å². The monoisotopic (exact) mass is 542 g/mol. The fourth-order valence-corrected chi connectivity index (χ4v) is 7.15. The summed E-state index contributed by atoms with van der Waals surface area (Å²) in [6, 6.07) is 47.2. The molecule has 9 aromatic rings. The number of thiazole rings is 1. The van der Waals surface area contributed by atoms with Crippen LogP contribution < -0.4 is 0 Å². The second-order valence-electron chi connectivity index (χ2n) is 10.4. The van der Waals surface area contributed by atoms with Gasteiger partial charge in [-0.05, 0) is 71.8 Å². The first kappa shape index (κ1) is 22.6. The van der Waals surface area contributed by atoms with Gasteiger partial charge in [0.2, 0.25) is 0 Å². The SMILES string of the molecule is c1ccc(-n2c3ccccc3c3cc(-c4ccc5oc6ccccc6c5c4)ccc32)c(-c2nc3ccccc3s2)c1. The van der Waals surface area contributed by atoms with Crippen molar-refractivity contribution in [2.45, 2.75) is 0 Å². The molecule has 3 nitrogen and oxygen atoms in total. The average molecular weight is 543 g/mol. The van der Waals surface area contributed by atoms with Gasteiger partial charge in [0.1, 0.15) is 16.2 Å². The van der Waals surface area contributed by atoms with E-state index in [1.807, 2.05) is 12.1 Å². The summed E-state index contributed by atoms with van der Waals surface area (Å²) in [6.07, 6.45) is 0. The number of para-hydroxylation sites is 4. The zero-order valence-corrected chi connectivity index (χ0v) is 22.7. The summed E-state index contributed by atoms with van der Waals surface area (Å²) in [6.45, 7) is 0. The molecule has 41 heavy (non-hydrogen) atoms. The van der Waals surface area contributed by atoms with Crippen molar-refractivity contribution in [1.82, 2.24) is 9.55 Å². The lowest BCUT2D eigenvalue weighted by atomic mass is 10.0. The third-order valence-electron chi connectivity index (χ3n) is 8.05. The summed E-state index contributed by atoms with van der Waals surface area (Å²) in [5.74, 6) is 0. The summed E-state index contributed by atoms with van der Waals surface area (Å²) in [7, 11) is 0. The van der Waals surface area contributed by atoms with Crippen molar-refractivity contribution >= 4 is 65.3 Å². The average Bonchev–Trinajstić information content (AvgIpc) is 3.72. The van der Waals surface area contributed by atoms with E-state index in [9.17, 15) is 0 Å². The third kappa shape index (κ3) is 3.41. The zero-order chi connectivity index (χ0) is 26.9. The summed E-state index contributed by atoms with van der Waals surface area (Å²) >= 11 is 1.74. The quantitative estimate of drug-likeness (QED) is 0.222. The first-order valence-corrected chi connectivity index (χ1v) is 14.5. The minimum absolute atomic E-state index is 0.916. The van der Waals surface area contributed by atoms with Gasteiger partial charge in [-0.1, -0.05) is 72.8 Å². The molecule has 0 radical (unpaired) electrons. The Hall–Kier alpha value is -5.19. The van der Waals surface area contributed by atoms with Crippen LogP contribution in [0.4, 0.5) is 0 Å². The predicted molar refractivity (Wildman–Crippen MR) is 172 cm³/mol. The van der Waals surface area contributed by atoms with Crippen LogP contribution in [0.15, 0.2) is 138 Å². The van der Waals surface area contributed by atoms with Crippen LogP contribution in [-0.2, 0) is 0 Å². The number of hydrogen-bond acceptors (Lipinski definition) is 3. The van der Waals surface area contributed by atoms with Crippen LogP contribution in [-0.4, -0.2) is 9.55 Å². The summed E-state index contributed by atoms with van der Waals surface area (Å²) < 4.78 is 9.67. The lowest BCUT2D eigenvalue weighted by molar-refractivity contribution is 0.669. The Bertz CT molecular complexity index is 2410. The van der Waals surface area contributed by atoms with Gasteiger partial charge in [0.05, 0.1) is 26.9 Å². The van der Waals surface area contributed by atoms with Gasteiger partial charge in [-0.2, -0.15) is 0 Å². The number of furan rings is 1. The molecule has 0 spiro atoms. The van der Waals surface area contributed by atoms with Crippen molar-refractivity contribution in [3.63, 3.8) is 0 Å². The van der Waals surface area contributed by atoms with Gasteiger partial charge in [-0.3, -0.25) is 0 Å². The van der Waals surface area contributed by atoms with Gasteiger partial charge in [0.15, 0.2) is 0 Å². The molecule has 0 saturated heterocycles. The van der Waals surface area contributed by atoms with Gasteiger partial charge in [0.25, 0.3) is 0 Å². The smallest absolute Gasteiger partial charge is 0.135 e. The van der Waals surface area contributed by atoms with Crippen molar-refractivity contribution in [3.05, 3.63) is 133 Å². The Labute approximate surface area is 239 Å². The molecule has 0 unspecified atom stereocenters. The highest BCUT2D eigenvalue weighted by atomic mass is 32.1. The van der Waals surface area contributed by atoms with E-state index in [1.165, 1.54) is 37.6 Å². The Kier molecular flexibility index (Phi) is 4.77. The van der Waals surface area contributed by atoms with E-state index in [-0.39, 0.29) is 0 Å². The molecular formula is C37H22N2OS. The van der Waals surface area contributed by atoms with Crippen LogP contribution in [0.3, 0.4) is 0 Å². The van der Waals surface area contributed by atoms with Crippen molar-refractivity contribution < 1.29 is 4.42 Å². The van der Waals surface area contributed by atoms with Crippen molar-refractivity contribution in [2.24, 2.45) is 0 Å². The maximum Gasteiger partial charge on any atom is 0.135 e. The van der Waals surface area contributed by atoms with E-state index < -0.39 is 0 Å². The molecule has 3 aromatic heterocycles. The topological polar surface area (TPSA) is 31.0 Å². The predicted octanol–water partition coefficient (Wildman–Crippen LogP) is 10.6. The number of fused-ring (bicyclic) bond motifs is 7. The largest absolute Gasteiger partial charge is 0.456 e. The van der Waals surface area contributed by atoms with E-state index in [0.717, 1.165) is 43.7 Å². The fourth-order valence-electron chi connectivity index (χ4n) is 6.15. The highest BCUT2D eigenvalue weighted by molar-refractivity contribution is 7.21. The van der Waals surface area contributed by atoms with Crippen LogP contribution >= 0.6 is 11.3 Å². The van der Waals surface area contributed by atoms with E-state index in [1.54, 1.807) is 11.3 Å². The summed E-state index contributed by atoms with van der Waals surface area (Å²) in [5.41, 5.74) is 9.88. The molecular weight excluding hydrogens is 520 g/mol. The van der Waals surface area contributed by atoms with Gasteiger partial charge < -0.3 is 8.98 Å². The maximum atomic E-state index is 6.08. The molecule has 3 heterocycles. The highest BCUT2D eigenvalue weighted by Gasteiger charge is 2.18. The van der Waals surface area contributed by atoms with Crippen LogP contribution in [0, 0.1) is 0 Å². The van der Waals surface area contributed by atoms with E-state index in [0.29, 0.717) is 0 Å². The van der Waals surface area contributed by atoms with Crippen molar-refractivity contribution in [2.75, 3.05) is 0 Å². The first-order valence-electron chi connectivity index (χ1n) is 13.7. The number of nitrogens with zero attached hydrogens (tertiary/aromatic N) is 2. The zero-order valence-electron chi connectivity index (χ0n) is 21.9. The van der Waals surface area contributed by atoms with Crippen LogP contribution in [0.1, 0.15) is 0 Å². The molecule has 0 N–H and O–H groups in total. The Morgan fingerprint density at radius 3 is 2.15 bits per heavy atom. The number of hydrogen-bond donors (Lipinski definition) is 0. The molecule has 192 valence electrons. The third-order valence-corrected chi connectivity index (χ3v) is 9.12. The van der Waals surface area contributed by atoms with Gasteiger partial charge >= 0.3 is 0 Å². The van der Waals surface area contributed by atoms with E-state index in [4.69, 9.17) is 9.40 Å². The Morgan fingerprint density at radius 2 is 1.22 bits per heavy atom. The Balaban J connectivity index is 1.27. The molecule has 9 rings (SSSR count). The normalized spacial score (nSPS) is 11.9. The number of benzene rings is 6. The van der Waals surface area contributed by atoms with E-state index >= 15 is 0 Å². The molecule has 0 aliphatic heterocycles. The molecule has 0 bridgehead atoms. The highest BCUT2D eigenvalue weighted by Crippen LogP contribution is 2.40. The molecule has 6 aromatic carbocycles. The minimum Gasteiger partial charge on any atom is -0.456 e. The fraction of sp³-hybridized carbons (Fsp3) is 0. The second kappa shape index (κ2) is 8.65. The lowest BCUT2D eigenvalue weighted by Crippen LogP contribution is -1.96. The summed E-state index contributed by atoms with van der Waals surface area (Å²) in [5, 5.41) is 5.79. The van der Waals surface area contributed by atoms with Gasteiger partial charge in [-0.25, -0.2) is 4.98 Å². The molecule has 0 amide bonds. The first-order chi connectivity index (χ1) is 20.3. The van der Waals surface area contributed by atoms with E-state index in [2.05, 4.69) is 126 Å². The number of rotatable bonds is 3. The Morgan fingerprint density at radius 1 is 0.537 bits per heavy atom. The second-order valence-corrected chi connectivity index (χ2v) is 11.4. The molecule has 0 atom stereocenters. The van der Waals surface area contributed by atoms with Crippen LogP contribution in [0.25, 0.3) is 81.3 Å². The standard InChI is InChI=1S/C37H22N2OS/c1-5-13-31-25(9-1)28-21-23(24-18-20-35-29(22-24)26-10-3-7-15-34(26)40-35)17-19-33(28)39(31)32-14-6-2-11-27(32)37-38-30-12-4-8-16-36(30)41-37/h1-22H. The summed E-state index contributed by atoms with van der Waals surface area (Å²) in [4.78, 5) is 5.01. The van der Waals surface area contributed by atoms with Gasteiger partial charge in [0, 0.05) is 27.1 Å². The molecule has 0 saturated carbocycles. The molecule has 4 heteroatoms. The molecule has 0 aliphatic rings. The van der Waals surface area contributed by atoms with Crippen molar-refractivity contribution in [1.29, 1.82) is 0 Å².